The van der Waals surface area contributed by atoms with Gasteiger partial charge in [0.15, 0.2) is 0 Å². The summed E-state index contributed by atoms with van der Waals surface area (Å²) in [4.78, 5) is 0. The minimum atomic E-state index is -0.513. The van der Waals surface area contributed by atoms with E-state index in [1.54, 1.807) is 19.9 Å². The van der Waals surface area contributed by atoms with Gasteiger partial charge < -0.3 is 5.73 Å². The summed E-state index contributed by atoms with van der Waals surface area (Å²) in [7, 11) is 0. The van der Waals surface area contributed by atoms with Crippen molar-refractivity contribution in [1.29, 1.82) is 5.26 Å². The third-order valence-corrected chi connectivity index (χ3v) is 1.88. The highest BCUT2D eigenvalue weighted by atomic mass is 19.1. The molecule has 0 aliphatic carbocycles. The Morgan fingerprint density at radius 1 is 1.50 bits per heavy atom. The molecule has 0 fully saturated rings. The quantitative estimate of drug-likeness (QED) is 0.595. The number of rotatable bonds is 0. The van der Waals surface area contributed by atoms with Gasteiger partial charge in [0.05, 0.1) is 5.56 Å². The first-order valence-corrected chi connectivity index (χ1v) is 3.53. The van der Waals surface area contributed by atoms with Crippen LogP contribution in [0.3, 0.4) is 0 Å². The molecule has 62 valence electrons. The summed E-state index contributed by atoms with van der Waals surface area (Å²) < 4.78 is 13.1. The van der Waals surface area contributed by atoms with Crippen LogP contribution in [0, 0.1) is 31.0 Å². The lowest BCUT2D eigenvalue weighted by atomic mass is 10.0. The molecule has 12 heavy (non-hydrogen) atoms. The molecule has 0 aromatic heterocycles. The van der Waals surface area contributed by atoms with Gasteiger partial charge in [-0.3, -0.25) is 0 Å². The first-order chi connectivity index (χ1) is 5.57. The second-order valence-corrected chi connectivity index (χ2v) is 2.71. The van der Waals surface area contributed by atoms with Crippen LogP contribution in [0.4, 0.5) is 10.1 Å². The van der Waals surface area contributed by atoms with Gasteiger partial charge in [-0.2, -0.15) is 5.26 Å². The molecule has 0 bridgehead atoms. The van der Waals surface area contributed by atoms with Crippen LogP contribution in [0.5, 0.6) is 0 Å². The predicted molar refractivity (Wildman–Crippen MR) is 45.0 cm³/mol. The van der Waals surface area contributed by atoms with Gasteiger partial charge in [0.25, 0.3) is 0 Å². The Kier molecular flexibility index (Phi) is 2.01. The van der Waals surface area contributed by atoms with E-state index in [0.717, 1.165) is 5.56 Å². The highest BCUT2D eigenvalue weighted by Gasteiger charge is 2.09. The number of nitrogens with zero attached hydrogens (tertiary/aromatic N) is 1. The maximum atomic E-state index is 13.1. The molecule has 1 aromatic carbocycles. The summed E-state index contributed by atoms with van der Waals surface area (Å²) >= 11 is 0. The normalized spacial score (nSPS) is 9.50. The molecule has 0 saturated carbocycles. The van der Waals surface area contributed by atoms with Crippen molar-refractivity contribution in [2.75, 3.05) is 5.73 Å². The average Bonchev–Trinajstić information content (AvgIpc) is 2.08. The number of nitrogens with two attached hydrogens (primary N) is 1. The van der Waals surface area contributed by atoms with Gasteiger partial charge in [0.1, 0.15) is 11.9 Å². The van der Waals surface area contributed by atoms with Crippen LogP contribution in [0.15, 0.2) is 6.07 Å². The zero-order valence-corrected chi connectivity index (χ0v) is 6.98. The monoisotopic (exact) mass is 164 g/mol. The van der Waals surface area contributed by atoms with Crippen LogP contribution in [-0.4, -0.2) is 0 Å². The highest BCUT2D eigenvalue weighted by Crippen LogP contribution is 2.22. The second kappa shape index (κ2) is 2.82. The maximum Gasteiger partial charge on any atom is 0.145 e. The fourth-order valence-corrected chi connectivity index (χ4v) is 1.05. The Morgan fingerprint density at radius 2 is 2.08 bits per heavy atom. The molecule has 0 saturated heterocycles. The molecule has 1 rings (SSSR count). The molecule has 0 heterocycles. The third-order valence-electron chi connectivity index (χ3n) is 1.88. The highest BCUT2D eigenvalue weighted by molar-refractivity contribution is 5.57. The smallest absolute Gasteiger partial charge is 0.145 e. The van der Waals surface area contributed by atoms with Gasteiger partial charge in [-0.25, -0.2) is 4.39 Å². The summed E-state index contributed by atoms with van der Waals surface area (Å²) in [6.45, 7) is 3.32. The largest absolute Gasteiger partial charge is 0.398 e. The zero-order valence-electron chi connectivity index (χ0n) is 6.98. The Labute approximate surface area is 70.4 Å². The number of anilines is 1. The molecule has 0 amide bonds. The number of hydrogen-bond acceptors (Lipinski definition) is 2. The van der Waals surface area contributed by atoms with Gasteiger partial charge in [-0.15, -0.1) is 0 Å². The van der Waals surface area contributed by atoms with E-state index in [1.165, 1.54) is 6.07 Å². The molecule has 1 aromatic rings. The summed E-state index contributed by atoms with van der Waals surface area (Å²) in [5.41, 5.74) is 7.13. The van der Waals surface area contributed by atoms with Crippen molar-refractivity contribution in [3.8, 4) is 6.07 Å². The Morgan fingerprint density at radius 3 is 2.58 bits per heavy atom. The molecule has 3 heteroatoms. The molecule has 0 unspecified atom stereocenters. The van der Waals surface area contributed by atoms with E-state index in [2.05, 4.69) is 0 Å². The number of nitrogen functional groups attached to an aromatic ring is 1. The van der Waals surface area contributed by atoms with Crippen molar-refractivity contribution >= 4 is 5.69 Å². The Balaban J connectivity index is 3.52. The van der Waals surface area contributed by atoms with E-state index in [-0.39, 0.29) is 5.56 Å². The molecule has 0 aliphatic heterocycles. The predicted octanol–water partition coefficient (Wildman–Crippen LogP) is 1.90. The molecular formula is C9H9FN2. The van der Waals surface area contributed by atoms with Crippen LogP contribution >= 0.6 is 0 Å². The molecule has 2 nitrogen and oxygen atoms in total. The molecule has 2 N–H and O–H groups in total. The lowest BCUT2D eigenvalue weighted by molar-refractivity contribution is 0.615. The molecule has 0 radical (unpaired) electrons. The van der Waals surface area contributed by atoms with Crippen molar-refractivity contribution in [2.45, 2.75) is 13.8 Å². The fraction of sp³-hybridized carbons (Fsp3) is 0.222. The van der Waals surface area contributed by atoms with E-state index in [1.807, 2.05) is 0 Å². The average molecular weight is 164 g/mol. The van der Waals surface area contributed by atoms with Gasteiger partial charge in [-0.1, -0.05) is 0 Å². The number of halogens is 1. The van der Waals surface area contributed by atoms with Gasteiger partial charge >= 0.3 is 0 Å². The first-order valence-electron chi connectivity index (χ1n) is 3.53. The van der Waals surface area contributed by atoms with E-state index in [0.29, 0.717) is 11.3 Å². The second-order valence-electron chi connectivity index (χ2n) is 2.71. The van der Waals surface area contributed by atoms with Crippen molar-refractivity contribution in [1.82, 2.24) is 0 Å². The topological polar surface area (TPSA) is 49.8 Å². The number of aryl methyl sites for hydroxylation is 1. The van der Waals surface area contributed by atoms with Crippen molar-refractivity contribution in [3.63, 3.8) is 0 Å². The van der Waals surface area contributed by atoms with Crippen LogP contribution in [-0.2, 0) is 0 Å². The van der Waals surface area contributed by atoms with Gasteiger partial charge in [0, 0.05) is 11.3 Å². The maximum absolute atomic E-state index is 13.1. The molecule has 0 aliphatic rings. The first kappa shape index (κ1) is 8.54. The summed E-state index contributed by atoms with van der Waals surface area (Å²) in [5.74, 6) is -0.513. The number of nitriles is 1. The lowest BCUT2D eigenvalue weighted by Crippen LogP contribution is -1.99. The SMILES string of the molecule is Cc1cc(C#N)c(F)c(C)c1N. The van der Waals surface area contributed by atoms with Crippen molar-refractivity contribution in [2.24, 2.45) is 0 Å². The van der Waals surface area contributed by atoms with E-state index in [9.17, 15) is 4.39 Å². The van der Waals surface area contributed by atoms with Crippen molar-refractivity contribution in [3.05, 3.63) is 28.6 Å². The van der Waals surface area contributed by atoms with Gasteiger partial charge in [0.2, 0.25) is 0 Å². The lowest BCUT2D eigenvalue weighted by Gasteiger charge is -2.06. The number of hydrogen-bond donors (Lipinski definition) is 1. The van der Waals surface area contributed by atoms with Crippen LogP contribution in [0.2, 0.25) is 0 Å². The summed E-state index contributed by atoms with van der Waals surface area (Å²) in [6.07, 6.45) is 0. The van der Waals surface area contributed by atoms with E-state index in [4.69, 9.17) is 11.0 Å². The Bertz CT molecular complexity index is 364. The minimum absolute atomic E-state index is 0.0548. The molecular weight excluding hydrogens is 155 g/mol. The van der Waals surface area contributed by atoms with E-state index >= 15 is 0 Å². The number of benzene rings is 1. The third kappa shape index (κ3) is 1.12. The van der Waals surface area contributed by atoms with E-state index < -0.39 is 5.82 Å². The minimum Gasteiger partial charge on any atom is -0.398 e. The van der Waals surface area contributed by atoms with Crippen molar-refractivity contribution < 1.29 is 4.39 Å². The molecule has 0 spiro atoms. The van der Waals surface area contributed by atoms with Crippen LogP contribution in [0.1, 0.15) is 16.7 Å². The van der Waals surface area contributed by atoms with Crippen LogP contribution < -0.4 is 5.73 Å². The standard InChI is InChI=1S/C9H9FN2/c1-5-3-7(4-11)8(10)6(2)9(5)12/h3H,12H2,1-2H3. The summed E-state index contributed by atoms with van der Waals surface area (Å²) in [5, 5.41) is 8.53. The Hall–Kier alpha value is -1.56. The van der Waals surface area contributed by atoms with Crippen LogP contribution in [0.25, 0.3) is 0 Å². The fourth-order valence-electron chi connectivity index (χ4n) is 1.05. The summed E-state index contributed by atoms with van der Waals surface area (Å²) in [6, 6.07) is 3.23. The van der Waals surface area contributed by atoms with Gasteiger partial charge in [-0.05, 0) is 25.5 Å². The molecule has 0 atom stereocenters. The zero-order chi connectivity index (χ0) is 9.30.